The number of hydrogen-bond donors (Lipinski definition) is 1. The predicted octanol–water partition coefficient (Wildman–Crippen LogP) is 4.83. The third-order valence-corrected chi connectivity index (χ3v) is 4.92. The topological polar surface area (TPSA) is 12.0 Å². The molecule has 2 rings (SSSR count). The van der Waals surface area contributed by atoms with E-state index in [-0.39, 0.29) is 0 Å². The highest BCUT2D eigenvalue weighted by Gasteiger charge is 2.34. The molecule has 0 saturated heterocycles. The summed E-state index contributed by atoms with van der Waals surface area (Å²) in [5.41, 5.74) is 2.35. The molecule has 0 unspecified atom stereocenters. The summed E-state index contributed by atoms with van der Waals surface area (Å²) in [5.74, 6) is 0. The molecular formula is C17H31N. The number of rotatable bonds is 5. The van der Waals surface area contributed by atoms with Gasteiger partial charge in [0.25, 0.3) is 0 Å². The molecule has 0 heterocycles. The van der Waals surface area contributed by atoms with Crippen LogP contribution in [0.3, 0.4) is 0 Å². The van der Waals surface area contributed by atoms with Crippen molar-refractivity contribution in [3.8, 4) is 0 Å². The predicted molar refractivity (Wildman–Crippen MR) is 79.8 cm³/mol. The van der Waals surface area contributed by atoms with Crippen LogP contribution in [0.1, 0.15) is 77.6 Å². The van der Waals surface area contributed by atoms with E-state index in [0.29, 0.717) is 5.41 Å². The van der Waals surface area contributed by atoms with Crippen LogP contribution in [0.15, 0.2) is 11.6 Å². The van der Waals surface area contributed by atoms with Crippen molar-refractivity contribution in [3.05, 3.63) is 11.6 Å². The van der Waals surface area contributed by atoms with E-state index in [9.17, 15) is 0 Å². The summed E-state index contributed by atoms with van der Waals surface area (Å²) >= 11 is 0. The highest BCUT2D eigenvalue weighted by molar-refractivity contribution is 5.18. The Kier molecular flexibility index (Phi) is 5.75. The van der Waals surface area contributed by atoms with Gasteiger partial charge in [0.1, 0.15) is 0 Å². The molecule has 0 aromatic carbocycles. The van der Waals surface area contributed by atoms with Crippen LogP contribution in [0.25, 0.3) is 0 Å². The molecule has 1 N–H and O–H groups in total. The Labute approximate surface area is 113 Å². The largest absolute Gasteiger partial charge is 0.316 e. The van der Waals surface area contributed by atoms with E-state index in [1.54, 1.807) is 0 Å². The second-order valence-electron chi connectivity index (χ2n) is 6.35. The molecule has 0 amide bonds. The van der Waals surface area contributed by atoms with Crippen molar-refractivity contribution in [1.29, 1.82) is 0 Å². The van der Waals surface area contributed by atoms with Gasteiger partial charge in [0, 0.05) is 12.0 Å². The summed E-state index contributed by atoms with van der Waals surface area (Å²) < 4.78 is 0. The molecule has 1 saturated carbocycles. The van der Waals surface area contributed by atoms with E-state index in [1.165, 1.54) is 83.7 Å². The van der Waals surface area contributed by atoms with Crippen LogP contribution in [-0.2, 0) is 0 Å². The second kappa shape index (κ2) is 7.33. The van der Waals surface area contributed by atoms with E-state index < -0.39 is 0 Å². The lowest BCUT2D eigenvalue weighted by Gasteiger charge is -2.38. The standard InChI is InChI=1S/C17H31N/c1-2-14-18-15-17(12-8-3-4-9-13-17)16-10-6-5-7-11-16/h10,18H,2-9,11-15H2,1H3. The summed E-state index contributed by atoms with van der Waals surface area (Å²) in [6, 6.07) is 0. The fourth-order valence-electron chi connectivity index (χ4n) is 3.84. The third kappa shape index (κ3) is 3.60. The van der Waals surface area contributed by atoms with Gasteiger partial charge in [0.2, 0.25) is 0 Å². The Morgan fingerprint density at radius 2 is 1.83 bits per heavy atom. The summed E-state index contributed by atoms with van der Waals surface area (Å²) in [6.45, 7) is 4.70. The second-order valence-corrected chi connectivity index (χ2v) is 6.35. The van der Waals surface area contributed by atoms with Crippen LogP contribution >= 0.6 is 0 Å². The average molecular weight is 249 g/mol. The zero-order valence-corrected chi connectivity index (χ0v) is 12.3. The average Bonchev–Trinajstić information content (AvgIpc) is 2.67. The molecule has 18 heavy (non-hydrogen) atoms. The van der Waals surface area contributed by atoms with Gasteiger partial charge in [0.05, 0.1) is 0 Å². The lowest BCUT2D eigenvalue weighted by molar-refractivity contribution is 0.274. The normalized spacial score (nSPS) is 24.4. The molecule has 104 valence electrons. The molecule has 1 nitrogen and oxygen atoms in total. The first-order valence-corrected chi connectivity index (χ1v) is 8.28. The van der Waals surface area contributed by atoms with E-state index in [2.05, 4.69) is 18.3 Å². The van der Waals surface area contributed by atoms with Crippen molar-refractivity contribution in [2.45, 2.75) is 77.6 Å². The zero-order valence-electron chi connectivity index (χ0n) is 12.3. The first-order chi connectivity index (χ1) is 8.87. The fourth-order valence-corrected chi connectivity index (χ4v) is 3.84. The molecule has 1 fully saturated rings. The van der Waals surface area contributed by atoms with Gasteiger partial charge in [-0.25, -0.2) is 0 Å². The van der Waals surface area contributed by atoms with Gasteiger partial charge in [0.15, 0.2) is 0 Å². The van der Waals surface area contributed by atoms with Crippen molar-refractivity contribution in [1.82, 2.24) is 5.32 Å². The van der Waals surface area contributed by atoms with Crippen molar-refractivity contribution in [2.24, 2.45) is 5.41 Å². The molecule has 0 radical (unpaired) electrons. The molecule has 0 bridgehead atoms. The number of hydrogen-bond acceptors (Lipinski definition) is 1. The Bertz CT molecular complexity index is 259. The summed E-state index contributed by atoms with van der Waals surface area (Å²) in [5, 5.41) is 3.73. The monoisotopic (exact) mass is 249 g/mol. The van der Waals surface area contributed by atoms with Gasteiger partial charge in [-0.05, 0) is 51.5 Å². The third-order valence-electron chi connectivity index (χ3n) is 4.92. The minimum Gasteiger partial charge on any atom is -0.316 e. The van der Waals surface area contributed by atoms with Gasteiger partial charge in [-0.1, -0.05) is 44.3 Å². The van der Waals surface area contributed by atoms with Gasteiger partial charge < -0.3 is 5.32 Å². The Morgan fingerprint density at radius 3 is 2.44 bits per heavy atom. The van der Waals surface area contributed by atoms with Crippen LogP contribution in [0.5, 0.6) is 0 Å². The van der Waals surface area contributed by atoms with Crippen LogP contribution in [-0.4, -0.2) is 13.1 Å². The first kappa shape index (κ1) is 14.1. The van der Waals surface area contributed by atoms with Crippen molar-refractivity contribution in [3.63, 3.8) is 0 Å². The van der Waals surface area contributed by atoms with Crippen molar-refractivity contribution >= 4 is 0 Å². The molecule has 2 aliphatic rings. The van der Waals surface area contributed by atoms with Crippen molar-refractivity contribution in [2.75, 3.05) is 13.1 Å². The summed E-state index contributed by atoms with van der Waals surface area (Å²) in [7, 11) is 0. The minimum absolute atomic E-state index is 0.534. The van der Waals surface area contributed by atoms with Crippen LogP contribution in [0.4, 0.5) is 0 Å². The molecule has 0 atom stereocenters. The van der Waals surface area contributed by atoms with Gasteiger partial charge in [-0.3, -0.25) is 0 Å². The number of allylic oxidation sites excluding steroid dienone is 1. The van der Waals surface area contributed by atoms with Crippen LogP contribution in [0.2, 0.25) is 0 Å². The van der Waals surface area contributed by atoms with Crippen LogP contribution in [0, 0.1) is 5.41 Å². The van der Waals surface area contributed by atoms with Gasteiger partial charge in [-0.15, -0.1) is 0 Å². The van der Waals surface area contributed by atoms with Gasteiger partial charge >= 0.3 is 0 Å². The molecular weight excluding hydrogens is 218 g/mol. The summed E-state index contributed by atoms with van der Waals surface area (Å²) in [6.07, 6.45) is 18.1. The SMILES string of the molecule is CCCNCC1(C2=CCCCC2)CCCCCC1. The van der Waals surface area contributed by atoms with E-state index in [0.717, 1.165) is 0 Å². The molecule has 0 aromatic rings. The maximum atomic E-state index is 3.73. The van der Waals surface area contributed by atoms with Crippen LogP contribution < -0.4 is 5.32 Å². The molecule has 1 heteroatoms. The highest BCUT2D eigenvalue weighted by atomic mass is 14.9. The minimum atomic E-state index is 0.534. The molecule has 2 aliphatic carbocycles. The van der Waals surface area contributed by atoms with E-state index >= 15 is 0 Å². The smallest absolute Gasteiger partial charge is 0.00452 e. The molecule has 0 spiro atoms. The highest BCUT2D eigenvalue weighted by Crippen LogP contribution is 2.44. The lowest BCUT2D eigenvalue weighted by Crippen LogP contribution is -2.36. The Morgan fingerprint density at radius 1 is 1.06 bits per heavy atom. The quantitative estimate of drug-likeness (QED) is 0.418. The van der Waals surface area contributed by atoms with Crippen molar-refractivity contribution < 1.29 is 0 Å². The molecule has 0 aromatic heterocycles. The molecule has 0 aliphatic heterocycles. The van der Waals surface area contributed by atoms with E-state index in [1.807, 2.05) is 5.57 Å². The lowest BCUT2D eigenvalue weighted by atomic mass is 9.70. The van der Waals surface area contributed by atoms with E-state index in [4.69, 9.17) is 0 Å². The van der Waals surface area contributed by atoms with Gasteiger partial charge in [-0.2, -0.15) is 0 Å². The first-order valence-electron chi connectivity index (χ1n) is 8.28. The maximum Gasteiger partial charge on any atom is 0.00452 e. The maximum absolute atomic E-state index is 3.73. The Hall–Kier alpha value is -0.300. The Balaban J connectivity index is 2.06. The fraction of sp³-hybridized carbons (Fsp3) is 0.882. The zero-order chi connectivity index (χ0) is 12.7. The summed E-state index contributed by atoms with van der Waals surface area (Å²) in [4.78, 5) is 0. The number of nitrogens with one attached hydrogen (secondary N) is 1.